The smallest absolute Gasteiger partial charge is 0.335 e. The maximum atomic E-state index is 12.1. The van der Waals surface area contributed by atoms with Gasteiger partial charge in [0.25, 0.3) is 0 Å². The number of carbonyl (C=O) groups is 3. The number of rotatable bonds is 4. The van der Waals surface area contributed by atoms with Crippen LogP contribution in [-0.4, -0.2) is 41.0 Å². The number of nitrogens with zero attached hydrogens (tertiary/aromatic N) is 1. The lowest BCUT2D eigenvalue weighted by Gasteiger charge is -2.18. The molecule has 1 N–H and O–H groups in total. The van der Waals surface area contributed by atoms with Gasteiger partial charge in [-0.1, -0.05) is 11.8 Å². The number of hydrogen-bond acceptors (Lipinski definition) is 5. The number of amides is 1. The van der Waals surface area contributed by atoms with E-state index in [4.69, 9.17) is 9.84 Å². The molecule has 1 fully saturated rings. The van der Waals surface area contributed by atoms with Crippen molar-refractivity contribution in [1.29, 1.82) is 0 Å². The van der Waals surface area contributed by atoms with Gasteiger partial charge < -0.3 is 14.7 Å². The Hall–Kier alpha value is -2.02. The largest absolute Gasteiger partial charge is 0.497 e. The van der Waals surface area contributed by atoms with Gasteiger partial charge in [-0.3, -0.25) is 9.59 Å². The summed E-state index contributed by atoms with van der Waals surface area (Å²) in [5.74, 6) is -0.838. The zero-order valence-electron chi connectivity index (χ0n) is 11.7. The molecule has 21 heavy (non-hydrogen) atoms. The predicted octanol–water partition coefficient (Wildman–Crippen LogP) is 1.78. The fourth-order valence-electron chi connectivity index (χ4n) is 2.22. The Labute approximate surface area is 126 Å². The van der Waals surface area contributed by atoms with Gasteiger partial charge >= 0.3 is 5.97 Å². The number of methoxy groups -OCH3 is 1. The third-order valence-electron chi connectivity index (χ3n) is 3.11. The van der Waals surface area contributed by atoms with Crippen LogP contribution in [0.3, 0.4) is 0 Å². The number of benzene rings is 1. The van der Waals surface area contributed by atoms with E-state index in [0.29, 0.717) is 18.0 Å². The Balaban J connectivity index is 2.29. The third-order valence-corrected chi connectivity index (χ3v) is 4.09. The number of carboxylic acid groups (broad SMARTS) is 1. The van der Waals surface area contributed by atoms with Crippen LogP contribution in [0.4, 0.5) is 5.69 Å². The lowest BCUT2D eigenvalue weighted by Crippen LogP contribution is -2.25. The summed E-state index contributed by atoms with van der Waals surface area (Å²) in [6.07, 6.45) is 0.268. The number of carbonyl (C=O) groups excluding carboxylic acids is 2. The van der Waals surface area contributed by atoms with Crippen LogP contribution in [0.5, 0.6) is 5.75 Å². The number of hydrogen-bond donors (Lipinski definition) is 1. The molecule has 1 aromatic carbocycles. The standard InChI is InChI=1S/C14H15NO5S/c1-8(16)21-12-6-13(17)15(7-12)10-3-9(14(18)19)4-11(5-10)20-2/h3-5,12H,6-7H2,1-2H3,(H,18,19). The minimum absolute atomic E-state index is 0.0356. The van der Waals surface area contributed by atoms with E-state index in [1.807, 2.05) is 0 Å². The van der Waals surface area contributed by atoms with Gasteiger partial charge in [-0.2, -0.15) is 0 Å². The SMILES string of the molecule is COc1cc(C(=O)O)cc(N2CC(SC(C)=O)CC2=O)c1. The Kier molecular flexibility index (Phi) is 4.52. The van der Waals surface area contributed by atoms with Crippen LogP contribution in [-0.2, 0) is 9.59 Å². The molecule has 1 unspecified atom stereocenters. The van der Waals surface area contributed by atoms with Crippen LogP contribution < -0.4 is 9.64 Å². The number of carboxylic acids is 1. The van der Waals surface area contributed by atoms with E-state index in [9.17, 15) is 14.4 Å². The lowest BCUT2D eigenvalue weighted by atomic mass is 10.1. The molecule has 1 amide bonds. The molecule has 6 nitrogen and oxygen atoms in total. The van der Waals surface area contributed by atoms with E-state index >= 15 is 0 Å². The molecule has 2 rings (SSSR count). The van der Waals surface area contributed by atoms with Crippen LogP contribution in [0.1, 0.15) is 23.7 Å². The van der Waals surface area contributed by atoms with Crippen LogP contribution in [0.25, 0.3) is 0 Å². The van der Waals surface area contributed by atoms with Crippen molar-refractivity contribution in [2.45, 2.75) is 18.6 Å². The van der Waals surface area contributed by atoms with Crippen molar-refractivity contribution in [2.75, 3.05) is 18.6 Å². The van der Waals surface area contributed by atoms with E-state index in [1.54, 1.807) is 6.07 Å². The normalized spacial score (nSPS) is 17.9. The molecule has 1 heterocycles. The number of thioether (sulfide) groups is 1. The Bertz CT molecular complexity index is 601. The molecule has 0 saturated carbocycles. The van der Waals surface area contributed by atoms with Crippen molar-refractivity contribution in [3.63, 3.8) is 0 Å². The van der Waals surface area contributed by atoms with Gasteiger partial charge in [0.1, 0.15) is 5.75 Å². The molecule has 1 saturated heterocycles. The summed E-state index contributed by atoms with van der Waals surface area (Å²) < 4.78 is 5.07. The van der Waals surface area contributed by atoms with E-state index in [-0.39, 0.29) is 28.3 Å². The Morgan fingerprint density at radius 3 is 2.67 bits per heavy atom. The number of aromatic carboxylic acids is 1. The fraction of sp³-hybridized carbons (Fsp3) is 0.357. The molecule has 1 aliphatic rings. The first kappa shape index (κ1) is 15.4. The minimum Gasteiger partial charge on any atom is -0.497 e. The van der Waals surface area contributed by atoms with Crippen LogP contribution >= 0.6 is 11.8 Å². The second kappa shape index (κ2) is 6.17. The zero-order chi connectivity index (χ0) is 15.6. The van der Waals surface area contributed by atoms with Crippen molar-refractivity contribution in [2.24, 2.45) is 0 Å². The summed E-state index contributed by atoms with van der Waals surface area (Å²) in [6.45, 7) is 1.85. The molecule has 0 radical (unpaired) electrons. The summed E-state index contributed by atoms with van der Waals surface area (Å²) in [4.78, 5) is 35.8. The molecule has 7 heteroatoms. The Morgan fingerprint density at radius 1 is 1.38 bits per heavy atom. The summed E-state index contributed by atoms with van der Waals surface area (Å²) in [6, 6.07) is 4.45. The lowest BCUT2D eigenvalue weighted by molar-refractivity contribution is -0.117. The first-order valence-corrected chi connectivity index (χ1v) is 7.18. The molecule has 112 valence electrons. The molecular formula is C14H15NO5S. The average molecular weight is 309 g/mol. The molecular weight excluding hydrogens is 294 g/mol. The number of ether oxygens (including phenoxy) is 1. The van der Waals surface area contributed by atoms with Crippen LogP contribution in [0.2, 0.25) is 0 Å². The molecule has 0 bridgehead atoms. The van der Waals surface area contributed by atoms with Gasteiger partial charge in [-0.25, -0.2) is 4.79 Å². The highest BCUT2D eigenvalue weighted by atomic mass is 32.2. The van der Waals surface area contributed by atoms with Crippen molar-refractivity contribution in [3.05, 3.63) is 23.8 Å². The van der Waals surface area contributed by atoms with Crippen LogP contribution in [0, 0.1) is 0 Å². The predicted molar refractivity (Wildman–Crippen MR) is 79.0 cm³/mol. The molecule has 1 atom stereocenters. The van der Waals surface area contributed by atoms with E-state index in [2.05, 4.69) is 0 Å². The molecule has 0 spiro atoms. The molecule has 1 aliphatic heterocycles. The van der Waals surface area contributed by atoms with Crippen molar-refractivity contribution < 1.29 is 24.2 Å². The summed E-state index contributed by atoms with van der Waals surface area (Å²) in [5, 5.41) is 8.96. The third kappa shape index (κ3) is 3.55. The second-order valence-corrected chi connectivity index (χ2v) is 6.14. The first-order valence-electron chi connectivity index (χ1n) is 6.30. The molecule has 0 aromatic heterocycles. The quantitative estimate of drug-likeness (QED) is 0.912. The van der Waals surface area contributed by atoms with E-state index in [0.717, 1.165) is 11.8 Å². The maximum Gasteiger partial charge on any atom is 0.335 e. The fourth-order valence-corrected chi connectivity index (χ4v) is 3.14. The summed E-state index contributed by atoms with van der Waals surface area (Å²) in [7, 11) is 1.44. The van der Waals surface area contributed by atoms with Gasteiger partial charge in [-0.05, 0) is 12.1 Å². The minimum atomic E-state index is -1.09. The van der Waals surface area contributed by atoms with Crippen molar-refractivity contribution >= 4 is 34.4 Å². The number of anilines is 1. The topological polar surface area (TPSA) is 83.9 Å². The highest BCUT2D eigenvalue weighted by Crippen LogP contribution is 2.31. The van der Waals surface area contributed by atoms with E-state index < -0.39 is 5.97 Å². The van der Waals surface area contributed by atoms with Crippen LogP contribution in [0.15, 0.2) is 18.2 Å². The van der Waals surface area contributed by atoms with Crippen molar-refractivity contribution in [1.82, 2.24) is 0 Å². The molecule has 1 aromatic rings. The van der Waals surface area contributed by atoms with Gasteiger partial charge in [0, 0.05) is 36.9 Å². The van der Waals surface area contributed by atoms with E-state index in [1.165, 1.54) is 31.1 Å². The van der Waals surface area contributed by atoms with Crippen molar-refractivity contribution in [3.8, 4) is 5.75 Å². The van der Waals surface area contributed by atoms with Gasteiger partial charge in [0.15, 0.2) is 5.12 Å². The zero-order valence-corrected chi connectivity index (χ0v) is 12.5. The van der Waals surface area contributed by atoms with Gasteiger partial charge in [-0.15, -0.1) is 0 Å². The highest BCUT2D eigenvalue weighted by molar-refractivity contribution is 8.14. The summed E-state index contributed by atoms with van der Waals surface area (Å²) in [5.41, 5.74) is 0.531. The van der Waals surface area contributed by atoms with Gasteiger partial charge in [0.2, 0.25) is 5.91 Å². The summed E-state index contributed by atoms with van der Waals surface area (Å²) >= 11 is 1.14. The second-order valence-electron chi connectivity index (χ2n) is 4.66. The first-order chi connectivity index (χ1) is 9.90. The molecule has 0 aliphatic carbocycles. The average Bonchev–Trinajstić information content (AvgIpc) is 2.78. The maximum absolute atomic E-state index is 12.1. The Morgan fingerprint density at radius 2 is 2.10 bits per heavy atom. The van der Waals surface area contributed by atoms with Gasteiger partial charge in [0.05, 0.1) is 12.7 Å². The highest BCUT2D eigenvalue weighted by Gasteiger charge is 2.32. The monoisotopic (exact) mass is 309 g/mol.